The number of carbonyl (C=O) groups excluding carboxylic acids is 2. The van der Waals surface area contributed by atoms with E-state index in [-0.39, 0.29) is 22.8 Å². The van der Waals surface area contributed by atoms with Crippen LogP contribution in [0.5, 0.6) is 0 Å². The van der Waals surface area contributed by atoms with Crippen LogP contribution in [0.15, 0.2) is 28.1 Å². The third-order valence-electron chi connectivity index (χ3n) is 4.97. The zero-order valence-electron chi connectivity index (χ0n) is 17.3. The van der Waals surface area contributed by atoms with Gasteiger partial charge in [0, 0.05) is 12.8 Å². The first-order chi connectivity index (χ1) is 14.4. The molecule has 1 atom stereocenters. The number of nitrogens with zero attached hydrogens (tertiary/aromatic N) is 3. The van der Waals surface area contributed by atoms with Crippen LogP contribution in [0.4, 0.5) is 0 Å². The number of thiazole rings is 1. The highest BCUT2D eigenvalue weighted by Crippen LogP contribution is 2.23. The van der Waals surface area contributed by atoms with Gasteiger partial charge in [-0.05, 0) is 31.0 Å². The summed E-state index contributed by atoms with van der Waals surface area (Å²) in [4.78, 5) is 29.3. The molecule has 31 heavy (non-hydrogen) atoms. The molecule has 0 aliphatic carbocycles. The standard InChI is InChI=1S/C18H23N3O7S3/c1-28-16(22)11-20-13-8-7-12(30(2,24)25)10-15(13)29-18(20)19-17(23)14-6-4-5-9-21(14)31(3,26)27/h7-8,10,14H,4-6,9,11H2,1-3H3. The first-order valence-corrected chi connectivity index (χ1v) is 13.9. The monoisotopic (exact) mass is 489 g/mol. The fourth-order valence-electron chi connectivity index (χ4n) is 3.43. The van der Waals surface area contributed by atoms with E-state index in [0.717, 1.165) is 28.2 Å². The van der Waals surface area contributed by atoms with Crippen molar-refractivity contribution < 1.29 is 31.2 Å². The van der Waals surface area contributed by atoms with E-state index in [1.165, 1.54) is 29.9 Å². The van der Waals surface area contributed by atoms with E-state index < -0.39 is 37.8 Å². The normalized spacial score (nSPS) is 18.9. The number of amides is 1. The Morgan fingerprint density at radius 2 is 1.90 bits per heavy atom. The lowest BCUT2D eigenvalue weighted by atomic mass is 10.0. The van der Waals surface area contributed by atoms with Crippen LogP contribution in [0, 0.1) is 0 Å². The zero-order chi connectivity index (χ0) is 23.0. The van der Waals surface area contributed by atoms with E-state index in [1.807, 2.05) is 0 Å². The number of fused-ring (bicyclic) bond motifs is 1. The highest BCUT2D eigenvalue weighted by Gasteiger charge is 2.34. The van der Waals surface area contributed by atoms with Gasteiger partial charge in [-0.25, -0.2) is 16.8 Å². The number of sulfone groups is 1. The maximum atomic E-state index is 12.9. The van der Waals surface area contributed by atoms with Gasteiger partial charge in [0.25, 0.3) is 5.91 Å². The molecule has 3 rings (SSSR count). The molecule has 10 nitrogen and oxygen atoms in total. The maximum Gasteiger partial charge on any atom is 0.325 e. The number of sulfonamides is 1. The van der Waals surface area contributed by atoms with Crippen molar-refractivity contribution in [2.75, 3.05) is 26.2 Å². The molecule has 1 aromatic carbocycles. The molecule has 0 saturated carbocycles. The Balaban J connectivity index is 2.14. The van der Waals surface area contributed by atoms with Crippen molar-refractivity contribution >= 4 is 53.3 Å². The van der Waals surface area contributed by atoms with E-state index in [0.29, 0.717) is 29.5 Å². The maximum absolute atomic E-state index is 12.9. The van der Waals surface area contributed by atoms with Crippen molar-refractivity contribution in [2.24, 2.45) is 4.99 Å². The summed E-state index contributed by atoms with van der Waals surface area (Å²) in [5, 5.41) is 0. The second kappa shape index (κ2) is 8.81. The highest BCUT2D eigenvalue weighted by atomic mass is 32.2. The van der Waals surface area contributed by atoms with Crippen molar-refractivity contribution in [3.05, 3.63) is 23.0 Å². The number of benzene rings is 1. The number of piperidine rings is 1. The van der Waals surface area contributed by atoms with Gasteiger partial charge in [-0.1, -0.05) is 17.8 Å². The second-order valence-electron chi connectivity index (χ2n) is 7.28. The summed E-state index contributed by atoms with van der Waals surface area (Å²) >= 11 is 1.04. The summed E-state index contributed by atoms with van der Waals surface area (Å²) < 4.78 is 55.8. The highest BCUT2D eigenvalue weighted by molar-refractivity contribution is 7.90. The van der Waals surface area contributed by atoms with Crippen LogP contribution >= 0.6 is 11.3 Å². The first-order valence-electron chi connectivity index (χ1n) is 9.37. The van der Waals surface area contributed by atoms with E-state index >= 15 is 0 Å². The predicted molar refractivity (Wildman–Crippen MR) is 115 cm³/mol. The Morgan fingerprint density at radius 1 is 1.19 bits per heavy atom. The summed E-state index contributed by atoms with van der Waals surface area (Å²) in [7, 11) is -5.81. The van der Waals surface area contributed by atoms with Gasteiger partial charge in [-0.15, -0.1) is 0 Å². The minimum Gasteiger partial charge on any atom is -0.468 e. The molecular formula is C18H23N3O7S3. The fourth-order valence-corrected chi connectivity index (χ4v) is 6.35. The van der Waals surface area contributed by atoms with E-state index in [9.17, 15) is 26.4 Å². The molecule has 13 heteroatoms. The molecule has 1 saturated heterocycles. The smallest absolute Gasteiger partial charge is 0.325 e. The summed E-state index contributed by atoms with van der Waals surface area (Å²) in [6.07, 6.45) is 3.86. The Labute approximate surface area is 184 Å². The molecule has 2 heterocycles. The van der Waals surface area contributed by atoms with Gasteiger partial charge < -0.3 is 9.30 Å². The summed E-state index contributed by atoms with van der Waals surface area (Å²) in [5.41, 5.74) is 0.512. The number of carbonyl (C=O) groups is 2. The number of hydrogen-bond acceptors (Lipinski definition) is 8. The molecular weight excluding hydrogens is 466 g/mol. The predicted octanol–water partition coefficient (Wildman–Crippen LogP) is 0.521. The Hall–Kier alpha value is -2.09. The molecule has 170 valence electrons. The van der Waals surface area contributed by atoms with Crippen LogP contribution in [-0.2, 0) is 40.7 Å². The molecule has 0 spiro atoms. The second-order valence-corrected chi connectivity index (χ2v) is 12.2. The summed E-state index contributed by atoms with van der Waals surface area (Å²) in [5.74, 6) is -1.20. The topological polar surface area (TPSA) is 132 Å². The lowest BCUT2D eigenvalue weighted by Gasteiger charge is -2.31. The van der Waals surface area contributed by atoms with Crippen LogP contribution < -0.4 is 4.80 Å². The average Bonchev–Trinajstić information content (AvgIpc) is 3.02. The van der Waals surface area contributed by atoms with Gasteiger partial charge >= 0.3 is 5.97 Å². The van der Waals surface area contributed by atoms with E-state index in [1.54, 1.807) is 0 Å². The van der Waals surface area contributed by atoms with Crippen LogP contribution in [0.3, 0.4) is 0 Å². The van der Waals surface area contributed by atoms with Gasteiger partial charge in [0.2, 0.25) is 10.0 Å². The number of aromatic nitrogens is 1. The molecule has 1 aromatic heterocycles. The lowest BCUT2D eigenvalue weighted by Crippen LogP contribution is -2.47. The molecule has 1 aliphatic rings. The third kappa shape index (κ3) is 5.22. The molecule has 0 N–H and O–H groups in total. The first kappa shape index (κ1) is 23.6. The van der Waals surface area contributed by atoms with Crippen LogP contribution in [0.2, 0.25) is 0 Å². The quantitative estimate of drug-likeness (QED) is 0.559. The average molecular weight is 490 g/mol. The van der Waals surface area contributed by atoms with Gasteiger partial charge in [-0.3, -0.25) is 9.59 Å². The molecule has 0 bridgehead atoms. The Morgan fingerprint density at radius 3 is 2.52 bits per heavy atom. The van der Waals surface area contributed by atoms with E-state index in [2.05, 4.69) is 4.99 Å². The molecule has 1 amide bonds. The lowest BCUT2D eigenvalue weighted by molar-refractivity contribution is -0.141. The van der Waals surface area contributed by atoms with Crippen molar-refractivity contribution in [2.45, 2.75) is 36.7 Å². The van der Waals surface area contributed by atoms with Gasteiger partial charge in [-0.2, -0.15) is 9.30 Å². The van der Waals surface area contributed by atoms with E-state index in [4.69, 9.17) is 4.74 Å². The van der Waals surface area contributed by atoms with Gasteiger partial charge in [0.1, 0.15) is 12.6 Å². The number of rotatable bonds is 5. The van der Waals surface area contributed by atoms with Crippen molar-refractivity contribution in [1.29, 1.82) is 0 Å². The largest absolute Gasteiger partial charge is 0.468 e. The molecule has 1 unspecified atom stereocenters. The fraction of sp³-hybridized carbons (Fsp3) is 0.500. The van der Waals surface area contributed by atoms with Crippen molar-refractivity contribution in [3.8, 4) is 0 Å². The number of methoxy groups -OCH3 is 1. The Kier molecular flexibility index (Phi) is 6.69. The Bertz CT molecular complexity index is 1310. The summed E-state index contributed by atoms with van der Waals surface area (Å²) in [6.45, 7) is 0.0123. The van der Waals surface area contributed by atoms with Crippen LogP contribution in [0.1, 0.15) is 19.3 Å². The SMILES string of the molecule is COC(=O)Cn1c(=NC(=O)C2CCCCN2S(C)(=O)=O)sc2cc(S(C)(=O)=O)ccc21. The minimum absolute atomic E-state index is 0.0971. The van der Waals surface area contributed by atoms with Crippen LogP contribution in [0.25, 0.3) is 10.2 Å². The summed E-state index contributed by atoms with van der Waals surface area (Å²) in [6, 6.07) is 3.50. The molecule has 0 radical (unpaired) electrons. The van der Waals surface area contributed by atoms with Crippen molar-refractivity contribution in [1.82, 2.24) is 8.87 Å². The van der Waals surface area contributed by atoms with Crippen molar-refractivity contribution in [3.63, 3.8) is 0 Å². The van der Waals surface area contributed by atoms with Gasteiger partial charge in [0.15, 0.2) is 14.6 Å². The molecule has 1 aliphatic heterocycles. The molecule has 2 aromatic rings. The van der Waals surface area contributed by atoms with Gasteiger partial charge in [0.05, 0.1) is 28.5 Å². The number of esters is 1. The molecule has 1 fully saturated rings. The number of ether oxygens (including phenoxy) is 1. The zero-order valence-corrected chi connectivity index (χ0v) is 19.7. The van der Waals surface area contributed by atoms with Crippen LogP contribution in [-0.4, -0.2) is 69.8 Å². The minimum atomic E-state index is -3.58. The third-order valence-corrected chi connectivity index (χ3v) is 8.41. The number of hydrogen-bond donors (Lipinski definition) is 0.